The molecule has 4 N–H and O–H groups in total. The molecule has 0 spiro atoms. The van der Waals surface area contributed by atoms with Gasteiger partial charge in [0.15, 0.2) is 5.82 Å². The van der Waals surface area contributed by atoms with Crippen LogP contribution in [0.3, 0.4) is 0 Å². The highest BCUT2D eigenvalue weighted by Gasteiger charge is 2.39. The number of nitrogens with one attached hydrogen (secondary N) is 4. The molecule has 3 aromatic rings. The topological polar surface area (TPSA) is 111 Å². The molecular weight excluding hydrogens is 404 g/mol. The average Bonchev–Trinajstić information content (AvgIpc) is 3.18. The Morgan fingerprint density at radius 2 is 2.03 bits per heavy atom. The fraction of sp³-hybridized carbons (Fsp3) is 0.478. The van der Waals surface area contributed by atoms with E-state index < -0.39 is 0 Å². The molecule has 2 aliphatic heterocycles. The number of carbonyl (C=O) groups excluding carboxylic acids is 1. The molecule has 5 rings (SSSR count). The number of hydrogen-bond acceptors (Lipinski definition) is 7. The van der Waals surface area contributed by atoms with Gasteiger partial charge in [-0.15, -0.1) is 0 Å². The number of likely N-dealkylation sites (N-methyl/N-ethyl adjacent to an activating group) is 1. The first-order valence-corrected chi connectivity index (χ1v) is 11.4. The fourth-order valence-corrected chi connectivity index (χ4v) is 5.16. The monoisotopic (exact) mass is 434 g/mol. The number of aromatic amines is 1. The van der Waals surface area contributed by atoms with Gasteiger partial charge in [0.25, 0.3) is 0 Å². The molecule has 32 heavy (non-hydrogen) atoms. The van der Waals surface area contributed by atoms with Crippen molar-refractivity contribution in [3.8, 4) is 0 Å². The van der Waals surface area contributed by atoms with Gasteiger partial charge in [0, 0.05) is 54.6 Å². The Kier molecular flexibility index (Phi) is 5.65. The minimum absolute atomic E-state index is 0.0967. The van der Waals surface area contributed by atoms with Crippen LogP contribution in [0.2, 0.25) is 0 Å². The highest BCUT2D eigenvalue weighted by atomic mass is 16.1. The van der Waals surface area contributed by atoms with Crippen LogP contribution in [-0.2, 0) is 4.79 Å². The molecule has 168 valence electrons. The summed E-state index contributed by atoms with van der Waals surface area (Å²) in [5.41, 5.74) is 1.87. The zero-order valence-corrected chi connectivity index (χ0v) is 18.6. The van der Waals surface area contributed by atoms with E-state index in [1.807, 2.05) is 25.1 Å². The maximum atomic E-state index is 12.0. The number of hydrogen-bond donors (Lipinski definition) is 4. The van der Waals surface area contributed by atoms with Crippen molar-refractivity contribution in [1.29, 1.82) is 0 Å². The second kappa shape index (κ2) is 8.74. The largest absolute Gasteiger partial charge is 0.367 e. The van der Waals surface area contributed by atoms with E-state index in [1.54, 1.807) is 13.2 Å². The summed E-state index contributed by atoms with van der Waals surface area (Å²) in [6.45, 7) is 2.46. The molecule has 1 amide bonds. The minimum Gasteiger partial charge on any atom is -0.367 e. The van der Waals surface area contributed by atoms with Gasteiger partial charge in [0.05, 0.1) is 12.1 Å². The number of aryl methyl sites for hydroxylation is 1. The Labute approximate surface area is 187 Å². The summed E-state index contributed by atoms with van der Waals surface area (Å²) < 4.78 is 0. The molecule has 0 saturated carbocycles. The van der Waals surface area contributed by atoms with Gasteiger partial charge in [-0.3, -0.25) is 19.8 Å². The van der Waals surface area contributed by atoms with Gasteiger partial charge < -0.3 is 16.0 Å². The SMILES string of the molecule is CNC(=O)CN1[C@@H]2CCC[C@H]1C[C@@H](Nc1nc(Nc3cc(C)[nH]n3)cc3ncccc13)C2. The summed E-state index contributed by atoms with van der Waals surface area (Å²) in [4.78, 5) is 23.9. The zero-order chi connectivity index (χ0) is 22.1. The number of amides is 1. The number of piperidine rings is 2. The number of rotatable bonds is 6. The van der Waals surface area contributed by atoms with Crippen molar-refractivity contribution in [1.82, 2.24) is 30.4 Å². The average molecular weight is 435 g/mol. The van der Waals surface area contributed by atoms with E-state index in [0.29, 0.717) is 30.5 Å². The van der Waals surface area contributed by atoms with E-state index in [0.717, 1.165) is 53.9 Å². The standard InChI is InChI=1S/C23H30N8O/c1-14-9-21(30-29-14)27-20-12-19-18(7-4-8-25-19)23(28-20)26-15-10-16-5-3-6-17(11-15)31(16)13-22(32)24-2/h4,7-9,12,15-17H,3,5-6,10-11,13H2,1-2H3,(H,24,32)(H3,26,27,28,29,30)/t15-,16+,17-. The van der Waals surface area contributed by atoms with Crippen LogP contribution in [0.25, 0.3) is 10.9 Å². The molecule has 2 saturated heterocycles. The number of anilines is 3. The van der Waals surface area contributed by atoms with Gasteiger partial charge in [-0.1, -0.05) is 6.42 Å². The number of nitrogens with zero attached hydrogens (tertiary/aromatic N) is 4. The molecule has 2 bridgehead atoms. The first-order chi connectivity index (χ1) is 15.6. The van der Waals surface area contributed by atoms with E-state index in [1.165, 1.54) is 6.42 Å². The molecule has 5 heterocycles. The predicted octanol–water partition coefficient (Wildman–Crippen LogP) is 2.95. The summed E-state index contributed by atoms with van der Waals surface area (Å²) in [6, 6.07) is 9.06. The molecule has 0 aromatic carbocycles. The summed E-state index contributed by atoms with van der Waals surface area (Å²) >= 11 is 0. The van der Waals surface area contributed by atoms with Gasteiger partial charge in [-0.05, 0) is 44.7 Å². The smallest absolute Gasteiger partial charge is 0.233 e. The van der Waals surface area contributed by atoms with Crippen LogP contribution in [0.4, 0.5) is 17.5 Å². The van der Waals surface area contributed by atoms with Gasteiger partial charge in [-0.2, -0.15) is 5.10 Å². The van der Waals surface area contributed by atoms with Gasteiger partial charge in [0.2, 0.25) is 5.91 Å². The molecule has 0 aliphatic carbocycles. The molecule has 2 aliphatic rings. The summed E-state index contributed by atoms with van der Waals surface area (Å²) in [5.74, 6) is 2.38. The second-order valence-electron chi connectivity index (χ2n) is 8.88. The molecule has 3 atom stereocenters. The maximum absolute atomic E-state index is 12.0. The molecule has 0 radical (unpaired) electrons. The van der Waals surface area contributed by atoms with Crippen LogP contribution < -0.4 is 16.0 Å². The Hall–Kier alpha value is -3.20. The molecule has 2 fully saturated rings. The van der Waals surface area contributed by atoms with Crippen molar-refractivity contribution in [3.05, 3.63) is 36.2 Å². The first-order valence-electron chi connectivity index (χ1n) is 11.4. The molecule has 3 aromatic heterocycles. The quantitative estimate of drug-likeness (QED) is 0.472. The number of aromatic nitrogens is 4. The lowest BCUT2D eigenvalue weighted by molar-refractivity contribution is -0.124. The first kappa shape index (κ1) is 20.7. The Balaban J connectivity index is 1.38. The zero-order valence-electron chi connectivity index (χ0n) is 18.6. The third-order valence-electron chi connectivity index (χ3n) is 6.63. The van der Waals surface area contributed by atoms with Crippen LogP contribution in [0, 0.1) is 6.92 Å². The summed E-state index contributed by atoms with van der Waals surface area (Å²) in [5, 5.41) is 18.0. The Morgan fingerprint density at radius 1 is 1.22 bits per heavy atom. The number of fused-ring (bicyclic) bond motifs is 3. The third kappa shape index (κ3) is 4.25. The molecule has 0 unspecified atom stereocenters. The number of carbonyl (C=O) groups is 1. The van der Waals surface area contributed by atoms with Crippen molar-refractivity contribution < 1.29 is 4.79 Å². The van der Waals surface area contributed by atoms with Crippen molar-refractivity contribution >= 4 is 34.3 Å². The van der Waals surface area contributed by atoms with Crippen LogP contribution in [0.1, 0.15) is 37.8 Å². The van der Waals surface area contributed by atoms with E-state index in [2.05, 4.69) is 42.1 Å². The number of pyridine rings is 2. The van der Waals surface area contributed by atoms with Crippen molar-refractivity contribution in [2.45, 2.75) is 57.2 Å². The van der Waals surface area contributed by atoms with E-state index in [9.17, 15) is 4.79 Å². The maximum Gasteiger partial charge on any atom is 0.233 e. The van der Waals surface area contributed by atoms with Crippen molar-refractivity contribution in [2.24, 2.45) is 0 Å². The second-order valence-corrected chi connectivity index (χ2v) is 8.88. The van der Waals surface area contributed by atoms with Gasteiger partial charge in [-0.25, -0.2) is 4.98 Å². The van der Waals surface area contributed by atoms with Crippen LogP contribution in [-0.4, -0.2) is 62.7 Å². The summed E-state index contributed by atoms with van der Waals surface area (Å²) in [6.07, 6.45) is 7.33. The lowest BCUT2D eigenvalue weighted by Gasteiger charge is -2.48. The lowest BCUT2D eigenvalue weighted by Crippen LogP contribution is -2.57. The Morgan fingerprint density at radius 3 is 2.75 bits per heavy atom. The molecular formula is C23H30N8O. The minimum atomic E-state index is 0.0967. The van der Waals surface area contributed by atoms with E-state index >= 15 is 0 Å². The van der Waals surface area contributed by atoms with Crippen LogP contribution in [0.15, 0.2) is 30.5 Å². The third-order valence-corrected chi connectivity index (χ3v) is 6.63. The van der Waals surface area contributed by atoms with Gasteiger partial charge >= 0.3 is 0 Å². The normalized spacial score (nSPS) is 23.1. The Bertz CT molecular complexity index is 1100. The van der Waals surface area contributed by atoms with Crippen molar-refractivity contribution in [2.75, 3.05) is 24.2 Å². The lowest BCUT2D eigenvalue weighted by atomic mass is 9.81. The predicted molar refractivity (Wildman–Crippen MR) is 125 cm³/mol. The molecule has 9 heteroatoms. The van der Waals surface area contributed by atoms with Crippen LogP contribution >= 0.6 is 0 Å². The summed E-state index contributed by atoms with van der Waals surface area (Å²) in [7, 11) is 1.71. The van der Waals surface area contributed by atoms with E-state index in [-0.39, 0.29) is 5.91 Å². The van der Waals surface area contributed by atoms with Crippen LogP contribution in [0.5, 0.6) is 0 Å². The highest BCUT2D eigenvalue weighted by molar-refractivity contribution is 5.91. The van der Waals surface area contributed by atoms with Gasteiger partial charge in [0.1, 0.15) is 11.6 Å². The van der Waals surface area contributed by atoms with E-state index in [4.69, 9.17) is 4.98 Å². The molecule has 9 nitrogen and oxygen atoms in total. The number of H-pyrrole nitrogens is 1. The fourth-order valence-electron chi connectivity index (χ4n) is 5.16. The van der Waals surface area contributed by atoms with Crippen molar-refractivity contribution in [3.63, 3.8) is 0 Å². The highest BCUT2D eigenvalue weighted by Crippen LogP contribution is 2.36.